The summed E-state index contributed by atoms with van der Waals surface area (Å²) in [5, 5.41) is 23.7. The molecule has 3 N–H and O–H groups in total. The molecule has 0 heterocycles. The van der Waals surface area contributed by atoms with Crippen molar-refractivity contribution in [3.63, 3.8) is 0 Å². The normalized spacial score (nSPS) is 14.3. The molecule has 0 aliphatic rings. The summed E-state index contributed by atoms with van der Waals surface area (Å²) in [5.41, 5.74) is 0. The van der Waals surface area contributed by atoms with E-state index in [1.807, 2.05) is 48.6 Å². The van der Waals surface area contributed by atoms with Crippen LogP contribution in [0.15, 0.2) is 122 Å². The van der Waals surface area contributed by atoms with Crippen LogP contribution in [-0.2, 0) is 14.3 Å². The van der Waals surface area contributed by atoms with Gasteiger partial charge in [-0.05, 0) is 77.0 Å². The number of unbranched alkanes of at least 4 members (excludes halogenated alkanes) is 15. The highest BCUT2D eigenvalue weighted by molar-refractivity contribution is 5.77. The maximum absolute atomic E-state index is 13.2. The van der Waals surface area contributed by atoms with E-state index in [4.69, 9.17) is 4.74 Å². The van der Waals surface area contributed by atoms with E-state index in [0.29, 0.717) is 19.3 Å². The maximum Gasteiger partial charge on any atom is 0.306 e. The van der Waals surface area contributed by atoms with Gasteiger partial charge in [-0.15, -0.1) is 0 Å². The Morgan fingerprint density at radius 3 is 1.44 bits per heavy atom. The molecule has 1 amide bonds. The number of hydrogen-bond donors (Lipinski definition) is 3. The second kappa shape index (κ2) is 49.3. The van der Waals surface area contributed by atoms with Crippen molar-refractivity contribution in [2.45, 2.75) is 219 Å². The third-order valence-electron chi connectivity index (χ3n) is 10.7. The van der Waals surface area contributed by atoms with Crippen molar-refractivity contribution in [1.82, 2.24) is 5.32 Å². The second-order valence-electron chi connectivity index (χ2n) is 16.6. The lowest BCUT2D eigenvalue weighted by Gasteiger charge is -2.24. The van der Waals surface area contributed by atoms with Gasteiger partial charge in [-0.1, -0.05) is 232 Å². The lowest BCUT2D eigenvalue weighted by Crippen LogP contribution is -2.46. The monoisotopic (exact) mass is 872 g/mol. The average molecular weight is 872 g/mol. The molecule has 0 rings (SSSR count). The molecule has 356 valence electrons. The maximum atomic E-state index is 13.2. The van der Waals surface area contributed by atoms with Gasteiger partial charge in [-0.3, -0.25) is 9.59 Å². The largest absolute Gasteiger partial charge is 0.462 e. The third kappa shape index (κ3) is 44.7. The molecule has 0 aromatic heterocycles. The van der Waals surface area contributed by atoms with Gasteiger partial charge >= 0.3 is 5.97 Å². The fraction of sp³-hybridized carbons (Fsp3) is 0.614. The van der Waals surface area contributed by atoms with E-state index in [0.717, 1.165) is 77.0 Å². The number of esters is 1. The van der Waals surface area contributed by atoms with E-state index >= 15 is 0 Å². The third-order valence-corrected chi connectivity index (χ3v) is 10.7. The van der Waals surface area contributed by atoms with Crippen molar-refractivity contribution in [3.8, 4) is 0 Å². The molecule has 0 saturated heterocycles. The Kier molecular flexibility index (Phi) is 46.4. The Bertz CT molecular complexity index is 1350. The van der Waals surface area contributed by atoms with Gasteiger partial charge in [0.25, 0.3) is 0 Å². The van der Waals surface area contributed by atoms with Gasteiger partial charge in [0.1, 0.15) is 6.10 Å². The zero-order valence-corrected chi connectivity index (χ0v) is 40.4. The van der Waals surface area contributed by atoms with E-state index in [1.165, 1.54) is 70.6 Å². The topological polar surface area (TPSA) is 95.9 Å². The van der Waals surface area contributed by atoms with Gasteiger partial charge in [-0.2, -0.15) is 0 Å². The Hall–Kier alpha value is -3.74. The number of rotatable bonds is 43. The van der Waals surface area contributed by atoms with Crippen LogP contribution >= 0.6 is 0 Å². The molecule has 0 spiro atoms. The summed E-state index contributed by atoms with van der Waals surface area (Å²) in [4.78, 5) is 26.1. The first-order valence-corrected chi connectivity index (χ1v) is 25.3. The Balaban J connectivity index is 4.78. The van der Waals surface area contributed by atoms with Crippen molar-refractivity contribution in [2.75, 3.05) is 6.61 Å². The fourth-order valence-electron chi connectivity index (χ4n) is 6.90. The van der Waals surface area contributed by atoms with Gasteiger partial charge in [0.15, 0.2) is 0 Å². The van der Waals surface area contributed by atoms with Gasteiger partial charge in [0.2, 0.25) is 5.91 Å². The molecule has 0 radical (unpaired) electrons. The van der Waals surface area contributed by atoms with Gasteiger partial charge in [0, 0.05) is 6.42 Å². The van der Waals surface area contributed by atoms with Gasteiger partial charge < -0.3 is 20.3 Å². The molecular weight excluding hydrogens is 779 g/mol. The van der Waals surface area contributed by atoms with Crippen LogP contribution in [0.5, 0.6) is 0 Å². The standard InChI is InChI=1S/C57H93NO5/c1-4-7-10-13-16-19-22-25-27-28-29-32-35-38-41-44-47-50-57(62)63-53(48-45-42-39-36-33-30-24-21-18-15-12-9-6-3)51-56(61)58-54(52-59)55(60)49-46-43-40-37-34-31-26-23-20-17-14-11-8-5-2/h7,9-10,12,15-16,18-19,21,24-25,27,29-30,32-33,36,38-39,41,53-55,59-60H,4-6,8,11,13-14,17,20,22-23,26,28,31,34-35,37,40,42-52H2,1-3H3,(H,58,61)/b10-7-,12-9+,18-15+,19-16-,24-21-,27-25-,32-29-,33-30-,39-36+,41-38-. The first-order valence-electron chi connectivity index (χ1n) is 25.3. The van der Waals surface area contributed by atoms with Crippen LogP contribution in [0, 0.1) is 0 Å². The minimum absolute atomic E-state index is 0.00202. The Labute approximate surface area is 387 Å². The molecule has 6 heteroatoms. The van der Waals surface area contributed by atoms with E-state index in [2.05, 4.69) is 99.0 Å². The molecule has 63 heavy (non-hydrogen) atoms. The van der Waals surface area contributed by atoms with Crippen LogP contribution in [0.25, 0.3) is 0 Å². The highest BCUT2D eigenvalue weighted by Crippen LogP contribution is 2.16. The van der Waals surface area contributed by atoms with E-state index in [1.54, 1.807) is 0 Å². The average Bonchev–Trinajstić information content (AvgIpc) is 3.28. The SMILES string of the molecule is CC/C=C\C/C=C\C/C=C\C/C=C\C/C=C\CCCC(=O)OC(CCC/C=C/C=C\C=C/C=C/C=C/CC)CC(=O)NC(CO)C(O)CCCCCCCCCCCCCCCC. The van der Waals surface area contributed by atoms with Gasteiger partial charge in [-0.25, -0.2) is 0 Å². The predicted molar refractivity (Wildman–Crippen MR) is 273 cm³/mol. The number of nitrogens with one attached hydrogen (secondary N) is 1. The molecule has 6 nitrogen and oxygen atoms in total. The van der Waals surface area contributed by atoms with E-state index in [9.17, 15) is 19.8 Å². The minimum atomic E-state index is -0.824. The number of allylic oxidation sites excluding steroid dienone is 20. The lowest BCUT2D eigenvalue weighted by atomic mass is 10.0. The number of aliphatic hydroxyl groups excluding tert-OH is 2. The number of amides is 1. The minimum Gasteiger partial charge on any atom is -0.462 e. The van der Waals surface area contributed by atoms with Crippen molar-refractivity contribution >= 4 is 11.9 Å². The summed E-state index contributed by atoms with van der Waals surface area (Å²) in [6.07, 6.45) is 68.4. The molecular formula is C57H93NO5. The van der Waals surface area contributed by atoms with Crippen LogP contribution in [0.1, 0.15) is 201 Å². The molecule has 0 aliphatic carbocycles. The van der Waals surface area contributed by atoms with Crippen molar-refractivity contribution in [2.24, 2.45) is 0 Å². The number of carbonyl (C=O) groups is 2. The number of carbonyl (C=O) groups excluding carboxylic acids is 2. The van der Waals surface area contributed by atoms with E-state index < -0.39 is 18.2 Å². The highest BCUT2D eigenvalue weighted by atomic mass is 16.5. The van der Waals surface area contributed by atoms with Crippen LogP contribution in [0.3, 0.4) is 0 Å². The summed E-state index contributed by atoms with van der Waals surface area (Å²) < 4.78 is 5.86. The molecule has 0 aliphatic heterocycles. The van der Waals surface area contributed by atoms with Crippen LogP contribution in [-0.4, -0.2) is 46.9 Å². The number of ether oxygens (including phenoxy) is 1. The fourth-order valence-corrected chi connectivity index (χ4v) is 6.90. The summed E-state index contributed by atoms with van der Waals surface area (Å²) >= 11 is 0. The smallest absolute Gasteiger partial charge is 0.306 e. The molecule has 3 unspecified atom stereocenters. The summed E-state index contributed by atoms with van der Waals surface area (Å²) in [6, 6.07) is -0.744. The molecule has 0 aromatic carbocycles. The number of aliphatic hydroxyl groups is 2. The predicted octanol–water partition coefficient (Wildman–Crippen LogP) is 15.3. The summed E-state index contributed by atoms with van der Waals surface area (Å²) in [7, 11) is 0. The Morgan fingerprint density at radius 1 is 0.492 bits per heavy atom. The molecule has 0 saturated carbocycles. The first-order chi connectivity index (χ1) is 31.0. The first kappa shape index (κ1) is 59.3. The summed E-state index contributed by atoms with van der Waals surface area (Å²) in [5.74, 6) is -0.628. The van der Waals surface area contributed by atoms with Crippen LogP contribution in [0.4, 0.5) is 0 Å². The van der Waals surface area contributed by atoms with Crippen molar-refractivity contribution < 1.29 is 24.5 Å². The lowest BCUT2D eigenvalue weighted by molar-refractivity contribution is -0.151. The van der Waals surface area contributed by atoms with Gasteiger partial charge in [0.05, 0.1) is 25.2 Å². The zero-order chi connectivity index (χ0) is 45.9. The molecule has 3 atom stereocenters. The second-order valence-corrected chi connectivity index (χ2v) is 16.6. The van der Waals surface area contributed by atoms with Crippen LogP contribution in [0.2, 0.25) is 0 Å². The summed E-state index contributed by atoms with van der Waals surface area (Å²) in [6.45, 7) is 6.18. The highest BCUT2D eigenvalue weighted by Gasteiger charge is 2.24. The van der Waals surface area contributed by atoms with Crippen molar-refractivity contribution in [3.05, 3.63) is 122 Å². The number of hydrogen-bond acceptors (Lipinski definition) is 5. The molecule has 0 fully saturated rings. The van der Waals surface area contributed by atoms with E-state index in [-0.39, 0.29) is 31.3 Å². The van der Waals surface area contributed by atoms with Crippen LogP contribution < -0.4 is 5.32 Å². The zero-order valence-electron chi connectivity index (χ0n) is 40.4. The molecule has 0 bridgehead atoms. The molecule has 0 aromatic rings. The van der Waals surface area contributed by atoms with Crippen molar-refractivity contribution in [1.29, 1.82) is 0 Å². The quantitative estimate of drug-likeness (QED) is 0.0245. The Morgan fingerprint density at radius 2 is 0.937 bits per heavy atom.